The van der Waals surface area contributed by atoms with Gasteiger partial charge in [0.15, 0.2) is 6.79 Å². The standard InChI is InChI=1S/C16H13ClN2O2/c1-20-10-21-16-5-3-2-4-13(16)15-8-11-6-7-12(17)9-14(11)18-19-15/h2-9H,10H2,1H3. The van der Waals surface area contributed by atoms with Gasteiger partial charge in [-0.25, -0.2) is 0 Å². The second-order valence-electron chi connectivity index (χ2n) is 4.48. The molecule has 0 aliphatic carbocycles. The van der Waals surface area contributed by atoms with Crippen LogP contribution in [0.25, 0.3) is 22.2 Å². The number of nitrogens with zero attached hydrogens (tertiary/aromatic N) is 2. The van der Waals surface area contributed by atoms with Gasteiger partial charge in [-0.1, -0.05) is 29.8 Å². The van der Waals surface area contributed by atoms with Crippen LogP contribution in [0.15, 0.2) is 48.5 Å². The number of halogens is 1. The maximum atomic E-state index is 5.96. The third kappa shape index (κ3) is 2.96. The highest BCUT2D eigenvalue weighted by Crippen LogP contribution is 2.30. The summed E-state index contributed by atoms with van der Waals surface area (Å²) >= 11 is 5.96. The fourth-order valence-corrected chi connectivity index (χ4v) is 2.23. The minimum absolute atomic E-state index is 0.188. The zero-order chi connectivity index (χ0) is 14.7. The van der Waals surface area contributed by atoms with E-state index in [9.17, 15) is 0 Å². The van der Waals surface area contributed by atoms with Crippen molar-refractivity contribution in [2.24, 2.45) is 0 Å². The average Bonchev–Trinajstić information content (AvgIpc) is 2.52. The van der Waals surface area contributed by atoms with Crippen LogP contribution in [-0.4, -0.2) is 24.1 Å². The van der Waals surface area contributed by atoms with Gasteiger partial charge in [0.25, 0.3) is 0 Å². The Morgan fingerprint density at radius 1 is 1.05 bits per heavy atom. The number of benzene rings is 2. The van der Waals surface area contributed by atoms with Gasteiger partial charge in [0.2, 0.25) is 0 Å². The molecule has 0 unspecified atom stereocenters. The Morgan fingerprint density at radius 2 is 1.90 bits per heavy atom. The molecule has 1 heterocycles. The lowest BCUT2D eigenvalue weighted by Gasteiger charge is -2.10. The highest BCUT2D eigenvalue weighted by atomic mass is 35.5. The first kappa shape index (κ1) is 13.8. The quantitative estimate of drug-likeness (QED) is 0.685. The summed E-state index contributed by atoms with van der Waals surface area (Å²) in [6.45, 7) is 0.188. The van der Waals surface area contributed by atoms with Crippen molar-refractivity contribution in [1.82, 2.24) is 10.2 Å². The number of rotatable bonds is 4. The van der Waals surface area contributed by atoms with Crippen molar-refractivity contribution in [2.75, 3.05) is 13.9 Å². The topological polar surface area (TPSA) is 44.2 Å². The van der Waals surface area contributed by atoms with Crippen molar-refractivity contribution >= 4 is 22.5 Å². The van der Waals surface area contributed by atoms with Crippen LogP contribution in [0.2, 0.25) is 5.02 Å². The molecule has 3 aromatic rings. The Bertz CT molecular complexity index is 777. The molecule has 0 radical (unpaired) electrons. The number of aromatic nitrogens is 2. The molecule has 106 valence electrons. The van der Waals surface area contributed by atoms with Crippen molar-refractivity contribution in [3.8, 4) is 17.0 Å². The summed E-state index contributed by atoms with van der Waals surface area (Å²) in [5, 5.41) is 10.1. The van der Waals surface area contributed by atoms with Crippen LogP contribution >= 0.6 is 11.6 Å². The number of fused-ring (bicyclic) bond motifs is 1. The van der Waals surface area contributed by atoms with Gasteiger partial charge in [-0.05, 0) is 30.3 Å². The summed E-state index contributed by atoms with van der Waals surface area (Å²) in [5.74, 6) is 0.710. The average molecular weight is 301 g/mol. The van der Waals surface area contributed by atoms with Crippen molar-refractivity contribution in [1.29, 1.82) is 0 Å². The van der Waals surface area contributed by atoms with Crippen LogP contribution in [0.1, 0.15) is 0 Å². The first-order valence-corrected chi connectivity index (χ1v) is 6.80. The first-order chi connectivity index (χ1) is 10.3. The lowest BCUT2D eigenvalue weighted by molar-refractivity contribution is 0.0515. The van der Waals surface area contributed by atoms with E-state index in [1.807, 2.05) is 42.5 Å². The van der Waals surface area contributed by atoms with Gasteiger partial charge in [0, 0.05) is 23.1 Å². The van der Waals surface area contributed by atoms with Crippen LogP contribution in [0.4, 0.5) is 0 Å². The Morgan fingerprint density at radius 3 is 2.76 bits per heavy atom. The lowest BCUT2D eigenvalue weighted by atomic mass is 10.1. The maximum Gasteiger partial charge on any atom is 0.188 e. The second kappa shape index (κ2) is 6.08. The van der Waals surface area contributed by atoms with Crippen LogP contribution in [-0.2, 0) is 4.74 Å². The monoisotopic (exact) mass is 300 g/mol. The van der Waals surface area contributed by atoms with E-state index in [1.165, 1.54) is 0 Å². The molecule has 0 saturated heterocycles. The number of hydrogen-bond acceptors (Lipinski definition) is 4. The molecule has 0 spiro atoms. The normalized spacial score (nSPS) is 10.8. The van der Waals surface area contributed by atoms with Crippen LogP contribution in [0.5, 0.6) is 5.75 Å². The highest BCUT2D eigenvalue weighted by Gasteiger charge is 2.09. The number of methoxy groups -OCH3 is 1. The minimum atomic E-state index is 0.188. The predicted octanol–water partition coefficient (Wildman–Crippen LogP) is 3.93. The van der Waals surface area contributed by atoms with Gasteiger partial charge >= 0.3 is 0 Å². The SMILES string of the molecule is COCOc1ccccc1-c1cc2ccc(Cl)cc2nn1. The Labute approximate surface area is 127 Å². The number of hydrogen-bond donors (Lipinski definition) is 0. The molecule has 0 fully saturated rings. The van der Waals surface area contributed by atoms with E-state index in [0.29, 0.717) is 10.8 Å². The highest BCUT2D eigenvalue weighted by molar-refractivity contribution is 6.31. The van der Waals surface area contributed by atoms with Gasteiger partial charge in [0.1, 0.15) is 5.75 Å². The molecule has 3 rings (SSSR count). The molecular formula is C16H13ClN2O2. The van der Waals surface area contributed by atoms with Gasteiger partial charge < -0.3 is 9.47 Å². The molecule has 2 aromatic carbocycles. The molecule has 0 bridgehead atoms. The van der Waals surface area contributed by atoms with Crippen molar-refractivity contribution in [2.45, 2.75) is 0 Å². The van der Waals surface area contributed by atoms with E-state index in [4.69, 9.17) is 21.1 Å². The van der Waals surface area contributed by atoms with E-state index >= 15 is 0 Å². The van der Waals surface area contributed by atoms with Crippen LogP contribution in [0.3, 0.4) is 0 Å². The third-order valence-electron chi connectivity index (χ3n) is 3.05. The summed E-state index contributed by atoms with van der Waals surface area (Å²) in [6, 6.07) is 15.2. The van der Waals surface area contributed by atoms with Crippen molar-refractivity contribution < 1.29 is 9.47 Å². The van der Waals surface area contributed by atoms with Gasteiger partial charge in [-0.3, -0.25) is 0 Å². The predicted molar refractivity (Wildman–Crippen MR) is 82.5 cm³/mol. The van der Waals surface area contributed by atoms with E-state index in [1.54, 1.807) is 13.2 Å². The zero-order valence-corrected chi connectivity index (χ0v) is 12.2. The fraction of sp³-hybridized carbons (Fsp3) is 0.125. The lowest BCUT2D eigenvalue weighted by Crippen LogP contribution is -2.00. The summed E-state index contributed by atoms with van der Waals surface area (Å²) in [7, 11) is 1.59. The van der Waals surface area contributed by atoms with E-state index in [2.05, 4.69) is 10.2 Å². The molecule has 0 atom stereocenters. The fourth-order valence-electron chi connectivity index (χ4n) is 2.07. The Hall–Kier alpha value is -2.17. The van der Waals surface area contributed by atoms with E-state index < -0.39 is 0 Å². The summed E-state index contributed by atoms with van der Waals surface area (Å²) in [5.41, 5.74) is 2.39. The number of para-hydroxylation sites is 1. The van der Waals surface area contributed by atoms with Crippen LogP contribution < -0.4 is 4.74 Å². The van der Waals surface area contributed by atoms with E-state index in [-0.39, 0.29) is 6.79 Å². The molecule has 21 heavy (non-hydrogen) atoms. The molecule has 0 N–H and O–H groups in total. The molecule has 0 aliphatic rings. The Balaban J connectivity index is 2.06. The van der Waals surface area contributed by atoms with Crippen molar-refractivity contribution in [3.63, 3.8) is 0 Å². The van der Waals surface area contributed by atoms with E-state index in [0.717, 1.165) is 22.2 Å². The molecule has 0 saturated carbocycles. The summed E-state index contributed by atoms with van der Waals surface area (Å²) in [6.07, 6.45) is 0. The second-order valence-corrected chi connectivity index (χ2v) is 4.92. The Kier molecular flexibility index (Phi) is 3.99. The van der Waals surface area contributed by atoms with Gasteiger partial charge in [0.05, 0.1) is 11.2 Å². The number of ether oxygens (including phenoxy) is 2. The molecule has 5 heteroatoms. The summed E-state index contributed by atoms with van der Waals surface area (Å²) < 4.78 is 10.5. The first-order valence-electron chi connectivity index (χ1n) is 6.42. The minimum Gasteiger partial charge on any atom is -0.467 e. The zero-order valence-electron chi connectivity index (χ0n) is 11.4. The molecule has 1 aromatic heterocycles. The maximum absolute atomic E-state index is 5.96. The molecule has 4 nitrogen and oxygen atoms in total. The van der Waals surface area contributed by atoms with Gasteiger partial charge in [-0.2, -0.15) is 0 Å². The molecular weight excluding hydrogens is 288 g/mol. The smallest absolute Gasteiger partial charge is 0.188 e. The molecule has 0 amide bonds. The largest absolute Gasteiger partial charge is 0.467 e. The third-order valence-corrected chi connectivity index (χ3v) is 3.28. The molecule has 0 aliphatic heterocycles. The van der Waals surface area contributed by atoms with Gasteiger partial charge in [-0.15, -0.1) is 10.2 Å². The summed E-state index contributed by atoms with van der Waals surface area (Å²) in [4.78, 5) is 0. The van der Waals surface area contributed by atoms with Crippen LogP contribution in [0, 0.1) is 0 Å². The van der Waals surface area contributed by atoms with Crippen molar-refractivity contribution in [3.05, 3.63) is 53.6 Å².